The van der Waals surface area contributed by atoms with Crippen LogP contribution in [0.25, 0.3) is 0 Å². The van der Waals surface area contributed by atoms with E-state index in [-0.39, 0.29) is 25.9 Å². The molecule has 80 heavy (non-hydrogen) atoms. The van der Waals surface area contributed by atoms with E-state index >= 15 is 0 Å². The van der Waals surface area contributed by atoms with Crippen LogP contribution in [0.3, 0.4) is 0 Å². The second-order valence-corrected chi connectivity index (χ2v) is 21.6. The molecule has 0 aromatic heterocycles. The summed E-state index contributed by atoms with van der Waals surface area (Å²) < 4.78 is 39.6. The highest BCUT2D eigenvalue weighted by Crippen LogP contribution is 2.43. The minimum absolute atomic E-state index is 0.131. The molecule has 3 atom stereocenters. The van der Waals surface area contributed by atoms with Crippen LogP contribution in [0.1, 0.15) is 239 Å². The highest BCUT2D eigenvalue weighted by Gasteiger charge is 2.28. The third kappa shape index (κ3) is 58.3. The van der Waals surface area contributed by atoms with Gasteiger partial charge in [0.2, 0.25) is 0 Å². The normalized spacial score (nSPS) is 14.2. The van der Waals surface area contributed by atoms with Gasteiger partial charge in [0.15, 0.2) is 6.10 Å². The lowest BCUT2D eigenvalue weighted by molar-refractivity contribution is -0.161. The minimum atomic E-state index is -4.78. The van der Waals surface area contributed by atoms with E-state index in [1.54, 1.807) is 0 Å². The van der Waals surface area contributed by atoms with Gasteiger partial charge in [-0.05, 0) is 128 Å². The molecule has 0 aromatic rings. The summed E-state index contributed by atoms with van der Waals surface area (Å²) in [5, 5.41) is 9.85. The van der Waals surface area contributed by atoms with Gasteiger partial charge in [-0.25, -0.2) is 4.57 Å². The number of aliphatic hydroxyl groups excluding tert-OH is 1. The molecule has 0 aliphatic heterocycles. The van der Waals surface area contributed by atoms with Crippen molar-refractivity contribution in [3.05, 3.63) is 134 Å². The minimum Gasteiger partial charge on any atom is -0.462 e. The number of esters is 3. The predicted molar refractivity (Wildman–Crippen MR) is 334 cm³/mol. The van der Waals surface area contributed by atoms with Gasteiger partial charge in [0.05, 0.1) is 19.8 Å². The summed E-state index contributed by atoms with van der Waals surface area (Å²) >= 11 is 0. The Morgan fingerprint density at radius 1 is 0.362 bits per heavy atom. The smallest absolute Gasteiger partial charge is 0.462 e. The van der Waals surface area contributed by atoms with Crippen LogP contribution in [0.5, 0.6) is 0 Å². The standard InChI is InChI=1S/C68H111O11P/c1-4-7-10-13-16-19-22-25-28-31-32-35-38-41-44-47-50-53-56-59-68(72)79-65(61-75-66(70)57-54-51-48-45-42-39-36-33-29-26-23-20-17-14-11-8-5-2)63-77-80(73,74)76-62-64(60-69)78-67(71)58-55-52-49-46-43-40-37-34-30-27-24-21-18-15-12-9-6-3/h7-8,10-11,16-21,25-30,32,35-36,39,45,48,64-65,69H,4-6,9,12-15,22-24,31,33-34,37-38,40-44,46-47,49-63H2,1-3H3,(H,73,74)/b10-7-,11-8-,19-16-,20-17-,21-18-,28-25-,29-26-,30-27-,35-32-,39-36-,48-45-. The van der Waals surface area contributed by atoms with Gasteiger partial charge in [-0.1, -0.05) is 225 Å². The summed E-state index contributed by atoms with van der Waals surface area (Å²) in [5.41, 5.74) is 0. The molecule has 0 rings (SSSR count). The van der Waals surface area contributed by atoms with E-state index in [2.05, 4.69) is 148 Å². The third-order valence-corrected chi connectivity index (χ3v) is 13.5. The first-order valence-electron chi connectivity index (χ1n) is 31.1. The third-order valence-electron chi connectivity index (χ3n) is 12.5. The van der Waals surface area contributed by atoms with Crippen molar-refractivity contribution in [1.29, 1.82) is 0 Å². The molecule has 0 aromatic carbocycles. The van der Waals surface area contributed by atoms with Gasteiger partial charge in [0.1, 0.15) is 12.7 Å². The van der Waals surface area contributed by atoms with Crippen molar-refractivity contribution in [2.24, 2.45) is 0 Å². The molecule has 0 saturated carbocycles. The molecular formula is C68H111O11P. The van der Waals surface area contributed by atoms with E-state index < -0.39 is 57.8 Å². The maximum atomic E-state index is 12.9. The summed E-state index contributed by atoms with van der Waals surface area (Å²) in [6.07, 6.45) is 76.9. The van der Waals surface area contributed by atoms with Crippen LogP contribution in [0.4, 0.5) is 0 Å². The Balaban J connectivity index is 4.83. The zero-order valence-corrected chi connectivity index (χ0v) is 51.1. The molecule has 0 bridgehead atoms. The predicted octanol–water partition coefficient (Wildman–Crippen LogP) is 18.9. The van der Waals surface area contributed by atoms with E-state index in [0.717, 1.165) is 135 Å². The summed E-state index contributed by atoms with van der Waals surface area (Å²) in [4.78, 5) is 48.7. The average molecular weight is 1140 g/mol. The number of carbonyl (C=O) groups excluding carboxylic acids is 3. The first kappa shape index (κ1) is 75.6. The quantitative estimate of drug-likeness (QED) is 0.0197. The van der Waals surface area contributed by atoms with Gasteiger partial charge in [0.25, 0.3) is 0 Å². The van der Waals surface area contributed by atoms with Crippen LogP contribution in [0, 0.1) is 0 Å². The van der Waals surface area contributed by atoms with Crippen molar-refractivity contribution in [3.63, 3.8) is 0 Å². The molecule has 11 nitrogen and oxygen atoms in total. The highest BCUT2D eigenvalue weighted by atomic mass is 31.2. The molecule has 0 aliphatic rings. The SMILES string of the molecule is CC/C=C\C/C=C\C/C=C\C/C=C\C/C=C\CCCC(=O)OCC(COP(=O)(O)OCC(CO)OC(=O)CCCCCCCCC/C=C\C/C=C\CCCCC)OC(=O)CCCCCCCC/C=C\C/C=C\C/C=C\C/C=C\CC. The monoisotopic (exact) mass is 1130 g/mol. The number of aliphatic hydroxyl groups is 1. The number of hydrogen-bond acceptors (Lipinski definition) is 10. The Morgan fingerprint density at radius 2 is 0.662 bits per heavy atom. The van der Waals surface area contributed by atoms with Crippen molar-refractivity contribution in [3.8, 4) is 0 Å². The van der Waals surface area contributed by atoms with E-state index in [9.17, 15) is 28.9 Å². The molecule has 12 heteroatoms. The fourth-order valence-electron chi connectivity index (χ4n) is 7.88. The molecule has 0 heterocycles. The van der Waals surface area contributed by atoms with Crippen LogP contribution in [0.2, 0.25) is 0 Å². The second-order valence-electron chi connectivity index (χ2n) is 20.1. The molecule has 0 aliphatic carbocycles. The van der Waals surface area contributed by atoms with Crippen molar-refractivity contribution >= 4 is 25.7 Å². The Morgan fingerprint density at radius 3 is 1.04 bits per heavy atom. The summed E-state index contributed by atoms with van der Waals surface area (Å²) in [7, 11) is -4.78. The molecule has 3 unspecified atom stereocenters. The Labute approximate surface area is 487 Å². The van der Waals surface area contributed by atoms with E-state index in [4.69, 9.17) is 23.3 Å². The first-order valence-corrected chi connectivity index (χ1v) is 32.6. The number of hydrogen-bond donors (Lipinski definition) is 2. The fourth-order valence-corrected chi connectivity index (χ4v) is 8.67. The number of carbonyl (C=O) groups is 3. The van der Waals surface area contributed by atoms with Crippen molar-refractivity contribution in [2.75, 3.05) is 26.4 Å². The van der Waals surface area contributed by atoms with Gasteiger partial charge in [0, 0.05) is 19.3 Å². The lowest BCUT2D eigenvalue weighted by atomic mass is 10.1. The molecule has 454 valence electrons. The summed E-state index contributed by atoms with van der Waals surface area (Å²) in [5.74, 6) is -1.57. The van der Waals surface area contributed by atoms with Crippen LogP contribution < -0.4 is 0 Å². The van der Waals surface area contributed by atoms with Crippen molar-refractivity contribution in [2.45, 2.75) is 251 Å². The maximum absolute atomic E-state index is 12.9. The number of allylic oxidation sites excluding steroid dienone is 22. The van der Waals surface area contributed by atoms with Crippen LogP contribution in [0.15, 0.2) is 134 Å². The van der Waals surface area contributed by atoms with E-state index in [1.807, 2.05) is 6.08 Å². The van der Waals surface area contributed by atoms with Gasteiger partial charge >= 0.3 is 25.7 Å². The summed E-state index contributed by atoms with van der Waals surface area (Å²) in [6.45, 7) is 4.30. The van der Waals surface area contributed by atoms with Gasteiger partial charge in [-0.15, -0.1) is 0 Å². The van der Waals surface area contributed by atoms with Crippen LogP contribution in [-0.4, -0.2) is 66.5 Å². The average Bonchev–Trinajstić information content (AvgIpc) is 3.45. The first-order chi connectivity index (χ1) is 39.2. The number of unbranched alkanes of at least 4 members (excludes halogenated alkanes) is 17. The van der Waals surface area contributed by atoms with Crippen LogP contribution in [-0.2, 0) is 42.2 Å². The zero-order chi connectivity index (χ0) is 58.3. The molecule has 0 amide bonds. The molecule has 0 spiro atoms. The van der Waals surface area contributed by atoms with Crippen molar-refractivity contribution in [1.82, 2.24) is 0 Å². The Hall–Kier alpha value is -4.38. The zero-order valence-electron chi connectivity index (χ0n) is 50.2. The van der Waals surface area contributed by atoms with Gasteiger partial charge < -0.3 is 24.2 Å². The number of phosphoric ester groups is 1. The number of ether oxygens (including phenoxy) is 3. The van der Waals surface area contributed by atoms with Crippen LogP contribution >= 0.6 is 7.82 Å². The lowest BCUT2D eigenvalue weighted by Gasteiger charge is -2.21. The summed E-state index contributed by atoms with van der Waals surface area (Å²) in [6, 6.07) is 0. The fraction of sp³-hybridized carbons (Fsp3) is 0.632. The molecule has 2 N–H and O–H groups in total. The highest BCUT2D eigenvalue weighted by molar-refractivity contribution is 7.47. The maximum Gasteiger partial charge on any atom is 0.472 e. The lowest BCUT2D eigenvalue weighted by Crippen LogP contribution is -2.30. The van der Waals surface area contributed by atoms with Gasteiger partial charge in [-0.3, -0.25) is 23.4 Å². The van der Waals surface area contributed by atoms with E-state index in [1.165, 1.54) is 38.5 Å². The topological polar surface area (TPSA) is 155 Å². The second kappa shape index (κ2) is 60.7. The van der Waals surface area contributed by atoms with Crippen molar-refractivity contribution < 1.29 is 52.2 Å². The number of rotatable bonds is 56. The number of phosphoric acid groups is 1. The Bertz CT molecular complexity index is 1850. The Kier molecular flexibility index (Phi) is 57.4. The van der Waals surface area contributed by atoms with Gasteiger partial charge in [-0.2, -0.15) is 0 Å². The largest absolute Gasteiger partial charge is 0.472 e. The molecular weight excluding hydrogens is 1020 g/mol. The van der Waals surface area contributed by atoms with E-state index in [0.29, 0.717) is 25.7 Å². The molecule has 0 fully saturated rings. The molecule has 0 radical (unpaired) electrons. The molecule has 0 saturated heterocycles.